The molecule has 4 N–H and O–H groups in total. The van der Waals surface area contributed by atoms with E-state index in [1.165, 1.54) is 0 Å². The van der Waals surface area contributed by atoms with Gasteiger partial charge in [-0.25, -0.2) is 0 Å². The van der Waals surface area contributed by atoms with E-state index < -0.39 is 17.9 Å². The van der Waals surface area contributed by atoms with E-state index in [0.29, 0.717) is 12.8 Å². The van der Waals surface area contributed by atoms with Gasteiger partial charge in [0.05, 0.1) is 12.0 Å². The van der Waals surface area contributed by atoms with Crippen LogP contribution in [0.25, 0.3) is 0 Å². The van der Waals surface area contributed by atoms with Crippen LogP contribution in [-0.2, 0) is 9.59 Å². The van der Waals surface area contributed by atoms with Gasteiger partial charge in [-0.1, -0.05) is 26.2 Å². The minimum absolute atomic E-state index is 0.211. The number of nitrogens with two attached hydrogens (primary N) is 1. The Morgan fingerprint density at radius 2 is 2.18 bits per heavy atom. The Morgan fingerprint density at radius 3 is 2.76 bits per heavy atom. The van der Waals surface area contributed by atoms with Crippen LogP contribution in [0.4, 0.5) is 0 Å². The third-order valence-electron chi connectivity index (χ3n) is 3.37. The first-order valence-corrected chi connectivity index (χ1v) is 6.35. The lowest BCUT2D eigenvalue weighted by atomic mass is 10.0. The normalized spacial score (nSPS) is 25.5. The number of aliphatic carboxylic acids is 1. The summed E-state index contributed by atoms with van der Waals surface area (Å²) in [7, 11) is 0. The lowest BCUT2D eigenvalue weighted by molar-refractivity contribution is -0.142. The van der Waals surface area contributed by atoms with Crippen molar-refractivity contribution in [2.24, 2.45) is 11.7 Å². The Balaban J connectivity index is 2.42. The van der Waals surface area contributed by atoms with Crippen molar-refractivity contribution in [2.75, 3.05) is 0 Å². The van der Waals surface area contributed by atoms with Gasteiger partial charge >= 0.3 is 5.97 Å². The minimum atomic E-state index is -0.824. The third kappa shape index (κ3) is 4.00. The monoisotopic (exact) mass is 242 g/mol. The molecule has 1 aliphatic carbocycles. The Labute approximate surface area is 102 Å². The molecular weight excluding hydrogens is 220 g/mol. The van der Waals surface area contributed by atoms with Crippen molar-refractivity contribution in [1.29, 1.82) is 0 Å². The number of hydrogen-bond donors (Lipinski definition) is 3. The fraction of sp³-hybridized carbons (Fsp3) is 0.833. The minimum Gasteiger partial charge on any atom is -0.481 e. The van der Waals surface area contributed by atoms with Crippen molar-refractivity contribution in [3.8, 4) is 0 Å². The summed E-state index contributed by atoms with van der Waals surface area (Å²) in [4.78, 5) is 22.7. The van der Waals surface area contributed by atoms with Crippen LogP contribution in [0, 0.1) is 5.92 Å². The van der Waals surface area contributed by atoms with Crippen molar-refractivity contribution in [3.05, 3.63) is 0 Å². The average molecular weight is 242 g/mol. The summed E-state index contributed by atoms with van der Waals surface area (Å²) in [6.45, 7) is 2.04. The molecule has 0 aromatic carbocycles. The number of rotatable bonds is 6. The van der Waals surface area contributed by atoms with Crippen LogP contribution >= 0.6 is 0 Å². The van der Waals surface area contributed by atoms with E-state index >= 15 is 0 Å². The molecule has 17 heavy (non-hydrogen) atoms. The van der Waals surface area contributed by atoms with E-state index in [1.807, 2.05) is 6.92 Å². The molecule has 1 aliphatic rings. The van der Waals surface area contributed by atoms with Gasteiger partial charge in [0.15, 0.2) is 0 Å². The Bertz CT molecular complexity index is 281. The molecule has 5 heteroatoms. The van der Waals surface area contributed by atoms with Crippen LogP contribution in [0.5, 0.6) is 0 Å². The third-order valence-corrected chi connectivity index (χ3v) is 3.37. The second-order valence-corrected chi connectivity index (χ2v) is 4.74. The molecule has 0 heterocycles. The highest BCUT2D eigenvalue weighted by Crippen LogP contribution is 2.25. The van der Waals surface area contributed by atoms with Gasteiger partial charge in [-0.2, -0.15) is 0 Å². The van der Waals surface area contributed by atoms with Gasteiger partial charge in [0, 0.05) is 6.04 Å². The second-order valence-electron chi connectivity index (χ2n) is 4.74. The van der Waals surface area contributed by atoms with Crippen LogP contribution in [-0.4, -0.2) is 29.1 Å². The maximum absolute atomic E-state index is 11.7. The number of unbranched alkanes of at least 4 members (excludes halogenated alkanes) is 1. The molecule has 0 aliphatic heterocycles. The van der Waals surface area contributed by atoms with Crippen LogP contribution in [0.2, 0.25) is 0 Å². The zero-order valence-electron chi connectivity index (χ0n) is 10.3. The molecule has 0 spiro atoms. The smallest absolute Gasteiger partial charge is 0.308 e. The molecule has 0 bridgehead atoms. The average Bonchev–Trinajstić information content (AvgIpc) is 2.73. The zero-order chi connectivity index (χ0) is 12.8. The maximum Gasteiger partial charge on any atom is 0.308 e. The predicted octanol–water partition coefficient (Wildman–Crippen LogP) is 0.873. The van der Waals surface area contributed by atoms with Gasteiger partial charge in [-0.05, 0) is 19.3 Å². The molecule has 0 aromatic heterocycles. The van der Waals surface area contributed by atoms with Crippen molar-refractivity contribution in [1.82, 2.24) is 5.32 Å². The van der Waals surface area contributed by atoms with Crippen LogP contribution in [0.3, 0.4) is 0 Å². The summed E-state index contributed by atoms with van der Waals surface area (Å²) in [6, 6.07) is -0.752. The summed E-state index contributed by atoms with van der Waals surface area (Å²) in [5, 5.41) is 11.8. The highest BCUT2D eigenvalue weighted by molar-refractivity contribution is 5.82. The van der Waals surface area contributed by atoms with Gasteiger partial charge in [0.25, 0.3) is 0 Å². The number of nitrogens with one attached hydrogen (secondary N) is 1. The molecule has 1 rings (SSSR count). The molecule has 1 saturated carbocycles. The number of amides is 1. The number of hydrogen-bond acceptors (Lipinski definition) is 3. The van der Waals surface area contributed by atoms with Crippen molar-refractivity contribution in [2.45, 2.75) is 57.5 Å². The fourth-order valence-corrected chi connectivity index (χ4v) is 2.27. The topological polar surface area (TPSA) is 92.4 Å². The molecule has 0 saturated heterocycles. The second kappa shape index (κ2) is 6.59. The number of carbonyl (C=O) groups excluding carboxylic acids is 1. The molecule has 1 amide bonds. The predicted molar refractivity (Wildman–Crippen MR) is 64.4 cm³/mol. The lowest BCUT2D eigenvalue weighted by Crippen LogP contribution is -2.47. The SMILES string of the molecule is CCCCC(N)C(=O)NC1CCCC1C(=O)O. The van der Waals surface area contributed by atoms with E-state index in [2.05, 4.69) is 5.32 Å². The highest BCUT2D eigenvalue weighted by atomic mass is 16.4. The Hall–Kier alpha value is -1.10. The quantitative estimate of drug-likeness (QED) is 0.644. The van der Waals surface area contributed by atoms with Crippen molar-refractivity contribution >= 4 is 11.9 Å². The highest BCUT2D eigenvalue weighted by Gasteiger charge is 2.34. The van der Waals surface area contributed by atoms with Crippen LogP contribution in [0.15, 0.2) is 0 Å². The summed E-state index contributed by atoms with van der Waals surface area (Å²) in [6.07, 6.45) is 4.82. The number of carbonyl (C=O) groups is 2. The van der Waals surface area contributed by atoms with Gasteiger partial charge in [0.2, 0.25) is 5.91 Å². The van der Waals surface area contributed by atoms with E-state index in [4.69, 9.17) is 10.8 Å². The van der Waals surface area contributed by atoms with E-state index in [0.717, 1.165) is 25.7 Å². The molecule has 98 valence electrons. The molecule has 3 unspecified atom stereocenters. The molecule has 0 radical (unpaired) electrons. The molecule has 5 nitrogen and oxygen atoms in total. The van der Waals surface area contributed by atoms with Crippen molar-refractivity contribution < 1.29 is 14.7 Å². The maximum atomic E-state index is 11.7. The summed E-state index contributed by atoms with van der Waals surface area (Å²) in [5.74, 6) is -1.48. The Morgan fingerprint density at radius 1 is 1.47 bits per heavy atom. The largest absolute Gasteiger partial charge is 0.481 e. The first-order chi connectivity index (χ1) is 8.06. The van der Waals surface area contributed by atoms with Crippen molar-refractivity contribution in [3.63, 3.8) is 0 Å². The molecule has 1 fully saturated rings. The van der Waals surface area contributed by atoms with Gasteiger partial charge in [-0.15, -0.1) is 0 Å². The number of carboxylic acid groups (broad SMARTS) is 1. The van der Waals surface area contributed by atoms with E-state index in [1.54, 1.807) is 0 Å². The lowest BCUT2D eigenvalue weighted by Gasteiger charge is -2.20. The number of carboxylic acids is 1. The summed E-state index contributed by atoms with van der Waals surface area (Å²) < 4.78 is 0. The van der Waals surface area contributed by atoms with Gasteiger partial charge in [0.1, 0.15) is 0 Å². The molecular formula is C12H22N2O3. The summed E-state index contributed by atoms with van der Waals surface area (Å²) >= 11 is 0. The van der Waals surface area contributed by atoms with Gasteiger partial charge < -0.3 is 16.2 Å². The summed E-state index contributed by atoms with van der Waals surface area (Å²) in [5.41, 5.74) is 5.74. The molecule has 3 atom stereocenters. The fourth-order valence-electron chi connectivity index (χ4n) is 2.27. The van der Waals surface area contributed by atoms with Crippen LogP contribution in [0.1, 0.15) is 45.4 Å². The standard InChI is InChI=1S/C12H22N2O3/c1-2-3-6-9(13)11(15)14-10-7-4-5-8(10)12(16)17/h8-10H,2-7,13H2,1H3,(H,14,15)(H,16,17). The first-order valence-electron chi connectivity index (χ1n) is 6.35. The first kappa shape index (κ1) is 14.0. The molecule has 0 aromatic rings. The van der Waals surface area contributed by atoms with E-state index in [9.17, 15) is 9.59 Å². The van der Waals surface area contributed by atoms with Crippen LogP contribution < -0.4 is 11.1 Å². The Kier molecular flexibility index (Phi) is 5.41. The zero-order valence-corrected chi connectivity index (χ0v) is 10.3. The van der Waals surface area contributed by atoms with E-state index in [-0.39, 0.29) is 11.9 Å². The van der Waals surface area contributed by atoms with Gasteiger partial charge in [-0.3, -0.25) is 9.59 Å².